The summed E-state index contributed by atoms with van der Waals surface area (Å²) in [7, 11) is 1.50. The van der Waals surface area contributed by atoms with E-state index in [1.807, 2.05) is 0 Å². The highest BCUT2D eigenvalue weighted by Crippen LogP contribution is 2.38. The third-order valence-corrected chi connectivity index (χ3v) is 6.16. The Morgan fingerprint density at radius 1 is 1.18 bits per heavy atom. The van der Waals surface area contributed by atoms with E-state index in [4.69, 9.17) is 4.42 Å². The Morgan fingerprint density at radius 3 is 2.50 bits per heavy atom. The van der Waals surface area contributed by atoms with E-state index in [0.717, 1.165) is 16.9 Å². The first-order valence-electron chi connectivity index (χ1n) is 10.4. The van der Waals surface area contributed by atoms with Crippen molar-refractivity contribution in [2.45, 2.75) is 25.1 Å². The van der Waals surface area contributed by atoms with Crippen LogP contribution in [0.25, 0.3) is 22.2 Å². The van der Waals surface area contributed by atoms with Gasteiger partial charge < -0.3 is 23.4 Å². The van der Waals surface area contributed by atoms with Gasteiger partial charge in [-0.05, 0) is 36.6 Å². The molecule has 4 heterocycles. The molecule has 9 nitrogen and oxygen atoms in total. The van der Waals surface area contributed by atoms with Gasteiger partial charge in [-0.1, -0.05) is 0 Å². The van der Waals surface area contributed by atoms with Crippen LogP contribution >= 0.6 is 0 Å². The lowest BCUT2D eigenvalue weighted by molar-refractivity contribution is -0.136. The van der Waals surface area contributed by atoms with Crippen LogP contribution in [0.15, 0.2) is 50.6 Å². The summed E-state index contributed by atoms with van der Waals surface area (Å²) in [6, 6.07) is 3.73. The van der Waals surface area contributed by atoms with Gasteiger partial charge in [0, 0.05) is 31.7 Å². The number of halogens is 3. The van der Waals surface area contributed by atoms with E-state index < -0.39 is 23.4 Å². The molecule has 0 bridgehead atoms. The van der Waals surface area contributed by atoms with Crippen LogP contribution in [0, 0.1) is 0 Å². The van der Waals surface area contributed by atoms with E-state index in [0.29, 0.717) is 24.0 Å². The van der Waals surface area contributed by atoms with Crippen LogP contribution in [0.2, 0.25) is 0 Å². The van der Waals surface area contributed by atoms with E-state index in [9.17, 15) is 27.9 Å². The molecular formula is C22H19F3N4O5. The van der Waals surface area contributed by atoms with Crippen molar-refractivity contribution in [2.24, 2.45) is 7.05 Å². The van der Waals surface area contributed by atoms with Gasteiger partial charge in [-0.3, -0.25) is 4.79 Å². The van der Waals surface area contributed by atoms with Gasteiger partial charge in [0.25, 0.3) is 5.91 Å². The molecule has 0 saturated carbocycles. The molecule has 1 N–H and O–H groups in total. The van der Waals surface area contributed by atoms with Gasteiger partial charge in [-0.15, -0.1) is 0 Å². The van der Waals surface area contributed by atoms with Gasteiger partial charge in [-0.25, -0.2) is 14.3 Å². The maximum absolute atomic E-state index is 13.9. The molecule has 178 valence electrons. The van der Waals surface area contributed by atoms with E-state index in [-0.39, 0.29) is 41.9 Å². The zero-order valence-corrected chi connectivity index (χ0v) is 17.9. The predicted octanol–water partition coefficient (Wildman–Crippen LogP) is 3.79. The highest BCUT2D eigenvalue weighted by molar-refractivity contribution is 5.96. The van der Waals surface area contributed by atoms with Crippen molar-refractivity contribution in [1.82, 2.24) is 19.0 Å². The van der Waals surface area contributed by atoms with E-state index in [2.05, 4.69) is 9.40 Å². The number of piperidine rings is 1. The summed E-state index contributed by atoms with van der Waals surface area (Å²) in [5.41, 5.74) is -0.318. The molecule has 1 amide bonds. The maximum Gasteiger partial charge on any atom is 0.422 e. The Morgan fingerprint density at radius 2 is 1.91 bits per heavy atom. The fourth-order valence-electron chi connectivity index (χ4n) is 4.41. The Balaban J connectivity index is 1.48. The summed E-state index contributed by atoms with van der Waals surface area (Å²) in [4.78, 5) is 30.6. The molecular weight excluding hydrogens is 457 g/mol. The fourth-order valence-corrected chi connectivity index (χ4v) is 4.41. The number of carbonyl (C=O) groups excluding carboxylic acids is 1. The summed E-state index contributed by atoms with van der Waals surface area (Å²) in [6.07, 6.45) is -0.286. The van der Waals surface area contributed by atoms with Crippen LogP contribution in [0.1, 0.15) is 35.1 Å². The molecule has 1 fully saturated rings. The lowest BCUT2D eigenvalue weighted by Gasteiger charge is -2.31. The molecule has 4 aromatic rings. The SMILES string of the molecule is Cn1c(C(=O)N2CCC(n3c(O)coc3=O)CC2)nc2c(C(F)(F)F)cc(-c3ccoc3)cc21. The minimum Gasteiger partial charge on any atom is -0.492 e. The number of aromatic nitrogens is 3. The van der Waals surface area contributed by atoms with Gasteiger partial charge in [0.1, 0.15) is 5.52 Å². The first kappa shape index (κ1) is 21.9. The number of aryl methyl sites for hydroxylation is 1. The minimum atomic E-state index is -4.68. The zero-order chi connectivity index (χ0) is 24.2. The first-order valence-corrected chi connectivity index (χ1v) is 10.4. The second kappa shape index (κ2) is 7.82. The van der Waals surface area contributed by atoms with Crippen LogP contribution in [0.3, 0.4) is 0 Å². The second-order valence-corrected chi connectivity index (χ2v) is 8.15. The zero-order valence-electron chi connectivity index (χ0n) is 17.9. The number of rotatable bonds is 3. The highest BCUT2D eigenvalue weighted by atomic mass is 19.4. The molecule has 0 unspecified atom stereocenters. The number of fused-ring (bicyclic) bond motifs is 1. The van der Waals surface area contributed by atoms with Gasteiger partial charge >= 0.3 is 11.9 Å². The first-order chi connectivity index (χ1) is 16.1. The van der Waals surface area contributed by atoms with Crippen molar-refractivity contribution in [3.63, 3.8) is 0 Å². The van der Waals surface area contributed by atoms with Gasteiger partial charge in [-0.2, -0.15) is 13.2 Å². The number of carbonyl (C=O) groups is 1. The topological polar surface area (TPSA) is 107 Å². The molecule has 1 aliphatic heterocycles. The summed E-state index contributed by atoms with van der Waals surface area (Å²) in [6.45, 7) is 0.465. The largest absolute Gasteiger partial charge is 0.492 e. The van der Waals surface area contributed by atoms with Gasteiger partial charge in [0.15, 0.2) is 12.1 Å². The van der Waals surface area contributed by atoms with Gasteiger partial charge in [0.05, 0.1) is 23.6 Å². The lowest BCUT2D eigenvalue weighted by atomic mass is 10.0. The van der Waals surface area contributed by atoms with Crippen molar-refractivity contribution < 1.29 is 31.9 Å². The number of aromatic hydroxyl groups is 1. The monoisotopic (exact) mass is 476 g/mol. The summed E-state index contributed by atoms with van der Waals surface area (Å²) < 4.78 is 53.7. The Hall–Kier alpha value is -3.96. The normalized spacial score (nSPS) is 15.4. The van der Waals surface area contributed by atoms with Crippen LogP contribution < -0.4 is 5.76 Å². The minimum absolute atomic E-state index is 0.119. The number of oxazole rings is 1. The summed E-state index contributed by atoms with van der Waals surface area (Å²) in [5.74, 6) is -1.62. The summed E-state index contributed by atoms with van der Waals surface area (Å²) in [5, 5.41) is 9.81. The Bertz CT molecular complexity index is 1420. The number of amides is 1. The van der Waals surface area contributed by atoms with Crippen molar-refractivity contribution in [2.75, 3.05) is 13.1 Å². The number of nitrogens with zero attached hydrogens (tertiary/aromatic N) is 4. The molecule has 12 heteroatoms. The highest BCUT2D eigenvalue weighted by Gasteiger charge is 2.36. The van der Waals surface area contributed by atoms with Crippen LogP contribution in [-0.4, -0.2) is 43.1 Å². The molecule has 5 rings (SSSR count). The molecule has 0 atom stereocenters. The molecule has 34 heavy (non-hydrogen) atoms. The lowest BCUT2D eigenvalue weighted by Crippen LogP contribution is -2.41. The number of hydrogen-bond acceptors (Lipinski definition) is 6. The molecule has 1 saturated heterocycles. The molecule has 3 aromatic heterocycles. The van der Waals surface area contributed by atoms with Crippen molar-refractivity contribution in [1.29, 1.82) is 0 Å². The Kier molecular flexibility index (Phi) is 5.03. The average Bonchev–Trinajstić information content (AvgIpc) is 3.52. The van der Waals surface area contributed by atoms with Crippen LogP contribution in [0.4, 0.5) is 13.2 Å². The number of likely N-dealkylation sites (tertiary alicyclic amines) is 1. The number of furan rings is 1. The molecule has 1 aliphatic rings. The van der Waals surface area contributed by atoms with Gasteiger partial charge in [0.2, 0.25) is 5.88 Å². The molecule has 0 aliphatic carbocycles. The van der Waals surface area contributed by atoms with E-state index in [1.165, 1.54) is 29.0 Å². The van der Waals surface area contributed by atoms with Crippen LogP contribution in [-0.2, 0) is 13.2 Å². The third-order valence-electron chi connectivity index (χ3n) is 6.16. The van der Waals surface area contributed by atoms with E-state index in [1.54, 1.807) is 12.1 Å². The van der Waals surface area contributed by atoms with Crippen molar-refractivity contribution >= 4 is 16.9 Å². The fraction of sp³-hybridized carbons (Fsp3) is 0.318. The number of benzene rings is 1. The number of hydrogen-bond donors (Lipinski definition) is 1. The third kappa shape index (κ3) is 3.55. The van der Waals surface area contributed by atoms with E-state index >= 15 is 0 Å². The number of imidazole rings is 1. The predicted molar refractivity (Wildman–Crippen MR) is 112 cm³/mol. The molecule has 0 radical (unpaired) electrons. The second-order valence-electron chi connectivity index (χ2n) is 8.15. The standard InChI is InChI=1S/C22H19F3N4O5/c1-27-16-9-13(12-4-7-33-10-12)8-15(22(23,24)25)18(16)26-19(27)20(31)28-5-2-14(3-6-28)29-17(30)11-34-21(29)32/h4,7-11,14,30H,2-3,5-6H2,1H3. The quantitative estimate of drug-likeness (QED) is 0.482. The smallest absolute Gasteiger partial charge is 0.422 e. The van der Waals surface area contributed by atoms with Crippen LogP contribution in [0.5, 0.6) is 5.88 Å². The Labute approximate surface area is 189 Å². The van der Waals surface area contributed by atoms with Crippen molar-refractivity contribution in [3.8, 4) is 17.0 Å². The maximum atomic E-state index is 13.9. The number of alkyl halides is 3. The summed E-state index contributed by atoms with van der Waals surface area (Å²) >= 11 is 0. The molecule has 1 aromatic carbocycles. The molecule has 0 spiro atoms. The average molecular weight is 476 g/mol. The van der Waals surface area contributed by atoms with Crippen molar-refractivity contribution in [3.05, 3.63) is 58.9 Å².